The highest BCUT2D eigenvalue weighted by Gasteiger charge is 2.26. The van der Waals surface area contributed by atoms with Gasteiger partial charge >= 0.3 is 5.97 Å². The third-order valence-corrected chi connectivity index (χ3v) is 4.11. The van der Waals surface area contributed by atoms with Crippen LogP contribution < -0.4 is 0 Å². The molecule has 0 aliphatic carbocycles. The van der Waals surface area contributed by atoms with E-state index in [0.29, 0.717) is 25.9 Å². The second-order valence-corrected chi connectivity index (χ2v) is 6.75. The van der Waals surface area contributed by atoms with Gasteiger partial charge in [-0.15, -0.1) is 0 Å². The molecule has 0 spiro atoms. The molecule has 1 aliphatic rings. The third kappa shape index (κ3) is 8.95. The van der Waals surface area contributed by atoms with Gasteiger partial charge in [0.1, 0.15) is 6.61 Å². The summed E-state index contributed by atoms with van der Waals surface area (Å²) >= 11 is 0. The molecule has 1 saturated heterocycles. The van der Waals surface area contributed by atoms with Gasteiger partial charge in [-0.1, -0.05) is 24.7 Å². The molecule has 0 bridgehead atoms. The highest BCUT2D eigenvalue weighted by atomic mass is 16.7. The van der Waals surface area contributed by atoms with Crippen LogP contribution >= 0.6 is 0 Å². The quantitative estimate of drug-likeness (QED) is 0.503. The summed E-state index contributed by atoms with van der Waals surface area (Å²) in [7, 11) is 0. The van der Waals surface area contributed by atoms with Gasteiger partial charge < -0.3 is 19.7 Å². The molecule has 0 saturated carbocycles. The van der Waals surface area contributed by atoms with Crippen molar-refractivity contribution in [1.29, 1.82) is 0 Å². The second-order valence-electron chi connectivity index (χ2n) is 6.75. The number of ether oxygens (including phenoxy) is 2. The molecule has 1 rings (SSSR count). The Morgan fingerprint density at radius 2 is 2.13 bits per heavy atom. The van der Waals surface area contributed by atoms with Gasteiger partial charge in [-0.2, -0.15) is 0 Å². The van der Waals surface area contributed by atoms with Crippen LogP contribution in [0.1, 0.15) is 65.2 Å². The second kappa shape index (κ2) is 10.6. The zero-order valence-corrected chi connectivity index (χ0v) is 14.3. The molecule has 0 amide bonds. The van der Waals surface area contributed by atoms with Gasteiger partial charge in [-0.05, 0) is 46.0 Å². The highest BCUT2D eigenvalue weighted by Crippen LogP contribution is 2.24. The van der Waals surface area contributed by atoms with Crippen molar-refractivity contribution in [3.8, 4) is 11.8 Å². The van der Waals surface area contributed by atoms with E-state index < -0.39 is 17.5 Å². The molecule has 1 fully saturated rings. The molecule has 1 heterocycles. The van der Waals surface area contributed by atoms with Crippen molar-refractivity contribution < 1.29 is 24.5 Å². The van der Waals surface area contributed by atoms with Gasteiger partial charge in [0, 0.05) is 13.0 Å². The number of aliphatic carboxylic acids is 1. The van der Waals surface area contributed by atoms with Crippen molar-refractivity contribution in [2.45, 2.75) is 77.6 Å². The summed E-state index contributed by atoms with van der Waals surface area (Å²) in [6.45, 7) is 4.56. The van der Waals surface area contributed by atoms with E-state index in [1.807, 2.05) is 0 Å². The van der Waals surface area contributed by atoms with E-state index in [4.69, 9.17) is 14.6 Å². The summed E-state index contributed by atoms with van der Waals surface area (Å²) in [5.74, 6) is 5.06. The molecule has 0 aromatic rings. The predicted octanol–water partition coefficient (Wildman–Crippen LogP) is 2.96. The fraction of sp³-hybridized carbons (Fsp3) is 0.833. The number of aliphatic hydroxyl groups is 1. The van der Waals surface area contributed by atoms with Gasteiger partial charge in [-0.3, -0.25) is 4.79 Å². The first-order valence-electron chi connectivity index (χ1n) is 8.52. The van der Waals surface area contributed by atoms with Crippen LogP contribution in [0.15, 0.2) is 0 Å². The van der Waals surface area contributed by atoms with Gasteiger partial charge in [-0.25, -0.2) is 0 Å². The number of aliphatic hydroxyl groups excluding tert-OH is 1. The van der Waals surface area contributed by atoms with Crippen molar-refractivity contribution in [3.63, 3.8) is 0 Å². The lowest BCUT2D eigenvalue weighted by Crippen LogP contribution is -2.23. The monoisotopic (exact) mass is 326 g/mol. The molecule has 5 heteroatoms. The molecule has 0 radical (unpaired) electrons. The Hall–Kier alpha value is -1.09. The van der Waals surface area contributed by atoms with Crippen LogP contribution in [0, 0.1) is 17.3 Å². The Morgan fingerprint density at radius 3 is 2.78 bits per heavy atom. The molecule has 2 atom stereocenters. The summed E-state index contributed by atoms with van der Waals surface area (Å²) in [5, 5.41) is 18.9. The number of hydrogen-bond donors (Lipinski definition) is 2. The Labute approximate surface area is 139 Å². The van der Waals surface area contributed by atoms with Crippen LogP contribution in [-0.2, 0) is 14.3 Å². The van der Waals surface area contributed by atoms with Gasteiger partial charge in [0.05, 0.1) is 11.5 Å². The zero-order chi connectivity index (χ0) is 17.1. The van der Waals surface area contributed by atoms with E-state index in [-0.39, 0.29) is 6.29 Å². The summed E-state index contributed by atoms with van der Waals surface area (Å²) in [6, 6.07) is 0. The minimum absolute atomic E-state index is 0.124. The average Bonchev–Trinajstić information content (AvgIpc) is 2.52. The van der Waals surface area contributed by atoms with E-state index in [2.05, 4.69) is 11.8 Å². The van der Waals surface area contributed by atoms with E-state index in [1.54, 1.807) is 13.8 Å². The fourth-order valence-corrected chi connectivity index (χ4v) is 2.37. The van der Waals surface area contributed by atoms with Crippen LogP contribution in [0.5, 0.6) is 0 Å². The molecule has 0 aromatic heterocycles. The Balaban J connectivity index is 2.04. The van der Waals surface area contributed by atoms with Crippen LogP contribution in [-0.4, -0.2) is 41.8 Å². The molecule has 132 valence electrons. The molecule has 2 N–H and O–H groups in total. The Morgan fingerprint density at radius 1 is 1.35 bits per heavy atom. The maximum atomic E-state index is 11.0. The highest BCUT2D eigenvalue weighted by molar-refractivity contribution is 5.73. The van der Waals surface area contributed by atoms with Crippen LogP contribution in [0.25, 0.3) is 0 Å². The lowest BCUT2D eigenvalue weighted by Gasteiger charge is -2.21. The predicted molar refractivity (Wildman–Crippen MR) is 87.8 cm³/mol. The number of hydrogen-bond acceptors (Lipinski definition) is 4. The number of carboxylic acids is 1. The van der Waals surface area contributed by atoms with Crippen molar-refractivity contribution in [1.82, 2.24) is 0 Å². The first-order chi connectivity index (χ1) is 10.9. The largest absolute Gasteiger partial charge is 0.481 e. The first-order valence-corrected chi connectivity index (χ1v) is 8.52. The van der Waals surface area contributed by atoms with Crippen LogP contribution in [0.3, 0.4) is 0 Å². The summed E-state index contributed by atoms with van der Waals surface area (Å²) in [4.78, 5) is 11.0. The minimum atomic E-state index is -0.772. The standard InChI is InChI=1S/C18H30O5/c1-18(2,17(20)21)12-6-3-9-15(19)10-4-7-13-22-16-11-5-8-14-23-16/h15-16,19H,3,5-6,8-14H2,1-2H3,(H,20,21). The average molecular weight is 326 g/mol. The molecule has 0 aromatic carbocycles. The normalized spacial score (nSPS) is 19.7. The van der Waals surface area contributed by atoms with Crippen molar-refractivity contribution in [2.75, 3.05) is 13.2 Å². The lowest BCUT2D eigenvalue weighted by molar-refractivity contribution is -0.154. The SMILES string of the molecule is CC(C)(CCCCC(O)CC#CCOC1CCCCO1)C(=O)O. The number of rotatable bonds is 9. The summed E-state index contributed by atoms with van der Waals surface area (Å²) in [6.07, 6.45) is 5.89. The summed E-state index contributed by atoms with van der Waals surface area (Å²) < 4.78 is 10.9. The van der Waals surface area contributed by atoms with E-state index >= 15 is 0 Å². The smallest absolute Gasteiger partial charge is 0.309 e. The van der Waals surface area contributed by atoms with Crippen molar-refractivity contribution >= 4 is 5.97 Å². The fourth-order valence-electron chi connectivity index (χ4n) is 2.37. The molecule has 1 aliphatic heterocycles. The van der Waals surface area contributed by atoms with Crippen LogP contribution in [0.4, 0.5) is 0 Å². The van der Waals surface area contributed by atoms with Crippen LogP contribution in [0.2, 0.25) is 0 Å². The Kier molecular flexibility index (Phi) is 9.23. The maximum Gasteiger partial charge on any atom is 0.309 e. The van der Waals surface area contributed by atoms with Gasteiger partial charge in [0.2, 0.25) is 0 Å². The zero-order valence-electron chi connectivity index (χ0n) is 14.3. The van der Waals surface area contributed by atoms with Gasteiger partial charge in [0.25, 0.3) is 0 Å². The van der Waals surface area contributed by atoms with Crippen molar-refractivity contribution in [3.05, 3.63) is 0 Å². The van der Waals surface area contributed by atoms with E-state index in [0.717, 1.165) is 38.7 Å². The topological polar surface area (TPSA) is 76.0 Å². The maximum absolute atomic E-state index is 11.0. The molecule has 5 nitrogen and oxygen atoms in total. The molecular formula is C18H30O5. The molecular weight excluding hydrogens is 296 g/mol. The van der Waals surface area contributed by atoms with E-state index in [9.17, 15) is 9.90 Å². The van der Waals surface area contributed by atoms with E-state index in [1.165, 1.54) is 0 Å². The summed E-state index contributed by atoms with van der Waals surface area (Å²) in [5.41, 5.74) is -0.691. The lowest BCUT2D eigenvalue weighted by atomic mass is 9.87. The third-order valence-electron chi connectivity index (χ3n) is 4.11. The number of unbranched alkanes of at least 4 members (excludes halogenated alkanes) is 1. The van der Waals surface area contributed by atoms with Gasteiger partial charge in [0.15, 0.2) is 6.29 Å². The first kappa shape index (κ1) is 20.0. The minimum Gasteiger partial charge on any atom is -0.481 e. The van der Waals surface area contributed by atoms with Crippen molar-refractivity contribution in [2.24, 2.45) is 5.41 Å². The Bertz CT molecular complexity index is 401. The molecule has 23 heavy (non-hydrogen) atoms. The number of carboxylic acid groups (broad SMARTS) is 1. The number of carbonyl (C=O) groups is 1. The molecule has 2 unspecified atom stereocenters.